The molecular formula is C16H18N2O4. The SMILES string of the molecule is CN1CCN(c2cccc(C3(CC(=O)O)CC3)c2)C(=O)C1=O. The molecular weight excluding hydrogens is 284 g/mol. The van der Waals surface area contributed by atoms with Gasteiger partial charge in [0.1, 0.15) is 0 Å². The van der Waals surface area contributed by atoms with Crippen molar-refractivity contribution in [2.75, 3.05) is 25.0 Å². The van der Waals surface area contributed by atoms with E-state index in [0.717, 1.165) is 18.4 Å². The van der Waals surface area contributed by atoms with Gasteiger partial charge in [-0.1, -0.05) is 12.1 Å². The van der Waals surface area contributed by atoms with Crippen LogP contribution in [0.25, 0.3) is 0 Å². The van der Waals surface area contributed by atoms with E-state index in [-0.39, 0.29) is 11.8 Å². The number of likely N-dealkylation sites (N-methyl/N-ethyl adjacent to an activating group) is 1. The first-order chi connectivity index (χ1) is 10.4. The maximum Gasteiger partial charge on any atom is 0.316 e. The third kappa shape index (κ3) is 2.45. The largest absolute Gasteiger partial charge is 0.481 e. The number of benzene rings is 1. The second kappa shape index (κ2) is 5.12. The van der Waals surface area contributed by atoms with Crippen LogP contribution in [0.1, 0.15) is 24.8 Å². The summed E-state index contributed by atoms with van der Waals surface area (Å²) in [5, 5.41) is 9.06. The van der Waals surface area contributed by atoms with Crippen molar-refractivity contribution in [2.45, 2.75) is 24.7 Å². The first kappa shape index (κ1) is 14.6. The normalized spacial score (nSPS) is 20.2. The van der Waals surface area contributed by atoms with Gasteiger partial charge in [-0.2, -0.15) is 0 Å². The fraction of sp³-hybridized carbons (Fsp3) is 0.438. The Morgan fingerprint density at radius 1 is 1.23 bits per heavy atom. The number of aliphatic carboxylic acids is 1. The molecule has 1 aliphatic heterocycles. The number of anilines is 1. The van der Waals surface area contributed by atoms with Gasteiger partial charge in [0.2, 0.25) is 0 Å². The van der Waals surface area contributed by atoms with Crippen molar-refractivity contribution < 1.29 is 19.5 Å². The molecule has 6 heteroatoms. The van der Waals surface area contributed by atoms with E-state index in [9.17, 15) is 14.4 Å². The van der Waals surface area contributed by atoms with Crippen molar-refractivity contribution in [3.05, 3.63) is 29.8 Å². The summed E-state index contributed by atoms with van der Waals surface area (Å²) in [6.07, 6.45) is 1.79. The van der Waals surface area contributed by atoms with Crippen LogP contribution in [0.15, 0.2) is 24.3 Å². The monoisotopic (exact) mass is 302 g/mol. The second-order valence-electron chi connectivity index (χ2n) is 6.08. The highest BCUT2D eigenvalue weighted by atomic mass is 16.4. The average Bonchev–Trinajstić information content (AvgIpc) is 3.25. The van der Waals surface area contributed by atoms with Crippen LogP contribution in [0.3, 0.4) is 0 Å². The predicted octanol–water partition coefficient (Wildman–Crippen LogP) is 0.998. The number of nitrogens with zero attached hydrogens (tertiary/aromatic N) is 2. The Labute approximate surface area is 128 Å². The zero-order valence-corrected chi connectivity index (χ0v) is 12.4. The molecule has 0 unspecified atom stereocenters. The lowest BCUT2D eigenvalue weighted by Gasteiger charge is -2.32. The fourth-order valence-electron chi connectivity index (χ4n) is 2.99. The van der Waals surface area contributed by atoms with Crippen molar-refractivity contribution >= 4 is 23.5 Å². The number of carboxylic acid groups (broad SMARTS) is 1. The topological polar surface area (TPSA) is 77.9 Å². The molecule has 1 aliphatic carbocycles. The number of carboxylic acids is 1. The molecule has 0 aromatic heterocycles. The van der Waals surface area contributed by atoms with Gasteiger partial charge < -0.3 is 14.9 Å². The van der Waals surface area contributed by atoms with Gasteiger partial charge in [0.15, 0.2) is 0 Å². The lowest BCUT2D eigenvalue weighted by atomic mass is 9.92. The molecule has 2 amide bonds. The number of carbonyl (C=O) groups excluding carboxylic acids is 2. The number of rotatable bonds is 4. The van der Waals surface area contributed by atoms with Crippen molar-refractivity contribution in [1.29, 1.82) is 0 Å². The highest BCUT2D eigenvalue weighted by Crippen LogP contribution is 2.51. The molecule has 1 aromatic carbocycles. The van der Waals surface area contributed by atoms with E-state index in [1.807, 2.05) is 18.2 Å². The first-order valence-electron chi connectivity index (χ1n) is 7.32. The minimum Gasteiger partial charge on any atom is -0.481 e. The van der Waals surface area contributed by atoms with E-state index in [2.05, 4.69) is 0 Å². The molecule has 1 heterocycles. The predicted molar refractivity (Wildman–Crippen MR) is 79.6 cm³/mol. The summed E-state index contributed by atoms with van der Waals surface area (Å²) < 4.78 is 0. The van der Waals surface area contributed by atoms with Gasteiger partial charge in [-0.15, -0.1) is 0 Å². The van der Waals surface area contributed by atoms with Crippen LogP contribution in [0, 0.1) is 0 Å². The van der Waals surface area contributed by atoms with Crippen LogP contribution in [0.2, 0.25) is 0 Å². The number of piperazine rings is 1. The Morgan fingerprint density at radius 2 is 1.95 bits per heavy atom. The van der Waals surface area contributed by atoms with Gasteiger partial charge in [0.05, 0.1) is 6.42 Å². The third-order valence-electron chi connectivity index (χ3n) is 4.55. The minimum atomic E-state index is -0.811. The van der Waals surface area contributed by atoms with E-state index in [1.54, 1.807) is 13.1 Å². The van der Waals surface area contributed by atoms with E-state index in [1.165, 1.54) is 9.80 Å². The molecule has 0 spiro atoms. The zero-order chi connectivity index (χ0) is 15.9. The number of hydrogen-bond acceptors (Lipinski definition) is 3. The Bertz CT molecular complexity index is 651. The van der Waals surface area contributed by atoms with E-state index in [4.69, 9.17) is 5.11 Å². The quantitative estimate of drug-likeness (QED) is 0.842. The summed E-state index contributed by atoms with van der Waals surface area (Å²) in [6, 6.07) is 7.37. The van der Waals surface area contributed by atoms with Crippen LogP contribution in [0.5, 0.6) is 0 Å². The summed E-state index contributed by atoms with van der Waals surface area (Å²) in [5.41, 5.74) is 1.30. The molecule has 0 radical (unpaired) electrons. The minimum absolute atomic E-state index is 0.103. The zero-order valence-electron chi connectivity index (χ0n) is 12.4. The number of carbonyl (C=O) groups is 3. The van der Waals surface area contributed by atoms with Gasteiger partial charge in [-0.25, -0.2) is 0 Å². The van der Waals surface area contributed by atoms with Crippen molar-refractivity contribution in [3.63, 3.8) is 0 Å². The smallest absolute Gasteiger partial charge is 0.316 e. The summed E-state index contributed by atoms with van der Waals surface area (Å²) in [4.78, 5) is 37.9. The van der Waals surface area contributed by atoms with Crippen molar-refractivity contribution in [1.82, 2.24) is 4.90 Å². The third-order valence-corrected chi connectivity index (χ3v) is 4.55. The molecule has 6 nitrogen and oxygen atoms in total. The average molecular weight is 302 g/mol. The van der Waals surface area contributed by atoms with Crippen LogP contribution in [-0.4, -0.2) is 47.9 Å². The molecule has 1 saturated heterocycles. The summed E-state index contributed by atoms with van der Waals surface area (Å²) >= 11 is 0. The van der Waals surface area contributed by atoms with E-state index in [0.29, 0.717) is 18.8 Å². The Balaban J connectivity index is 1.87. The van der Waals surface area contributed by atoms with Gasteiger partial charge >= 0.3 is 17.8 Å². The van der Waals surface area contributed by atoms with Crippen molar-refractivity contribution in [2.24, 2.45) is 0 Å². The summed E-state index contributed by atoms with van der Waals surface area (Å²) in [5.74, 6) is -1.86. The maximum atomic E-state index is 12.1. The maximum absolute atomic E-state index is 12.1. The molecule has 2 fully saturated rings. The van der Waals surface area contributed by atoms with Crippen LogP contribution in [-0.2, 0) is 19.8 Å². The molecule has 22 heavy (non-hydrogen) atoms. The van der Waals surface area contributed by atoms with Gasteiger partial charge in [-0.05, 0) is 30.5 Å². The summed E-state index contributed by atoms with van der Waals surface area (Å²) in [6.45, 7) is 0.950. The Hall–Kier alpha value is -2.37. The van der Waals surface area contributed by atoms with Crippen LogP contribution < -0.4 is 4.90 Å². The van der Waals surface area contributed by atoms with Crippen LogP contribution in [0.4, 0.5) is 5.69 Å². The standard InChI is InChI=1S/C16H18N2O4/c1-17-7-8-18(15(22)14(17)21)12-4-2-3-11(9-12)16(5-6-16)10-13(19)20/h2-4,9H,5-8,10H2,1H3,(H,19,20). The molecule has 1 N–H and O–H groups in total. The molecule has 116 valence electrons. The molecule has 1 saturated carbocycles. The lowest BCUT2D eigenvalue weighted by molar-refractivity contribution is -0.145. The molecule has 3 rings (SSSR count). The molecule has 2 aliphatic rings. The van der Waals surface area contributed by atoms with Gasteiger partial charge in [0.25, 0.3) is 0 Å². The van der Waals surface area contributed by atoms with Crippen molar-refractivity contribution in [3.8, 4) is 0 Å². The van der Waals surface area contributed by atoms with Gasteiger partial charge in [0, 0.05) is 31.2 Å². The number of hydrogen-bond donors (Lipinski definition) is 1. The highest BCUT2D eigenvalue weighted by molar-refractivity contribution is 6.40. The Morgan fingerprint density at radius 3 is 2.59 bits per heavy atom. The highest BCUT2D eigenvalue weighted by Gasteiger charge is 2.46. The van der Waals surface area contributed by atoms with Gasteiger partial charge in [-0.3, -0.25) is 14.4 Å². The Kier molecular flexibility index (Phi) is 3.39. The van der Waals surface area contributed by atoms with E-state index < -0.39 is 17.8 Å². The molecule has 0 atom stereocenters. The molecule has 0 bridgehead atoms. The second-order valence-corrected chi connectivity index (χ2v) is 6.08. The summed E-state index contributed by atoms with van der Waals surface area (Å²) in [7, 11) is 1.61. The fourth-order valence-corrected chi connectivity index (χ4v) is 2.99. The molecule has 1 aromatic rings. The first-order valence-corrected chi connectivity index (χ1v) is 7.32. The van der Waals surface area contributed by atoms with E-state index >= 15 is 0 Å². The lowest BCUT2D eigenvalue weighted by Crippen LogP contribution is -2.53. The van der Waals surface area contributed by atoms with Crippen LogP contribution >= 0.6 is 0 Å². The number of amides is 2.